The number of halogens is 1. The van der Waals surface area contributed by atoms with E-state index in [2.05, 4.69) is 21.0 Å². The summed E-state index contributed by atoms with van der Waals surface area (Å²) >= 11 is 3.43. The zero-order chi connectivity index (χ0) is 14.1. The van der Waals surface area contributed by atoms with Crippen LogP contribution in [0, 0.1) is 5.92 Å². The molecule has 1 aliphatic heterocycles. The van der Waals surface area contributed by atoms with Crippen molar-refractivity contribution in [2.75, 3.05) is 20.3 Å². The van der Waals surface area contributed by atoms with E-state index < -0.39 is 5.97 Å². The predicted octanol–water partition coefficient (Wildman–Crippen LogP) is 2.62. The Hall–Kier alpha value is -1.40. The number of benzene rings is 1. The molecule has 106 valence electrons. The number of nitrogens with zero attached hydrogens (tertiary/aromatic N) is 2. The highest BCUT2D eigenvalue weighted by Crippen LogP contribution is 2.25. The van der Waals surface area contributed by atoms with E-state index in [1.165, 1.54) is 7.11 Å². The van der Waals surface area contributed by atoms with Crippen LogP contribution in [0.1, 0.15) is 16.9 Å². The number of ether oxygens (including phenoxy) is 2. The first-order valence-electron chi connectivity index (χ1n) is 6.51. The summed E-state index contributed by atoms with van der Waals surface area (Å²) in [7, 11) is 1.37. The van der Waals surface area contributed by atoms with Crippen molar-refractivity contribution < 1.29 is 14.3 Å². The van der Waals surface area contributed by atoms with E-state index in [0.717, 1.165) is 41.6 Å². The first kappa shape index (κ1) is 13.6. The number of rotatable bonds is 3. The summed E-state index contributed by atoms with van der Waals surface area (Å²) in [4.78, 5) is 11.9. The lowest BCUT2D eigenvalue weighted by atomic mass is 10.1. The standard InChI is InChI=1S/C14H15BrN2O3/c1-19-14(18)13-11-6-10(15)2-3-12(11)17(16-13)7-9-4-5-20-8-9/h2-3,6,9H,4-5,7-8H2,1H3. The van der Waals surface area contributed by atoms with Gasteiger partial charge in [-0.15, -0.1) is 0 Å². The van der Waals surface area contributed by atoms with Crippen LogP contribution in [0.3, 0.4) is 0 Å². The zero-order valence-electron chi connectivity index (χ0n) is 11.1. The zero-order valence-corrected chi connectivity index (χ0v) is 12.7. The molecule has 0 N–H and O–H groups in total. The van der Waals surface area contributed by atoms with Gasteiger partial charge in [-0.2, -0.15) is 5.10 Å². The SMILES string of the molecule is COC(=O)c1nn(CC2CCOC2)c2ccc(Br)cc12. The fourth-order valence-electron chi connectivity index (χ4n) is 2.51. The normalized spacial score (nSPS) is 18.6. The van der Waals surface area contributed by atoms with Gasteiger partial charge < -0.3 is 9.47 Å². The highest BCUT2D eigenvalue weighted by molar-refractivity contribution is 9.10. The molecule has 1 aromatic heterocycles. The van der Waals surface area contributed by atoms with Crippen LogP contribution in [0.25, 0.3) is 10.9 Å². The maximum atomic E-state index is 11.9. The fraction of sp³-hybridized carbons (Fsp3) is 0.429. The van der Waals surface area contributed by atoms with Gasteiger partial charge in [0.05, 0.1) is 19.2 Å². The van der Waals surface area contributed by atoms with E-state index in [1.54, 1.807) is 0 Å². The summed E-state index contributed by atoms with van der Waals surface area (Å²) in [5, 5.41) is 5.24. The van der Waals surface area contributed by atoms with E-state index in [4.69, 9.17) is 9.47 Å². The molecule has 3 rings (SSSR count). The van der Waals surface area contributed by atoms with Gasteiger partial charge in [0, 0.05) is 28.9 Å². The van der Waals surface area contributed by atoms with E-state index in [0.29, 0.717) is 11.6 Å². The second-order valence-electron chi connectivity index (χ2n) is 4.91. The van der Waals surface area contributed by atoms with Gasteiger partial charge in [0.15, 0.2) is 5.69 Å². The van der Waals surface area contributed by atoms with Crippen molar-refractivity contribution in [2.45, 2.75) is 13.0 Å². The first-order chi connectivity index (χ1) is 9.69. The van der Waals surface area contributed by atoms with E-state index in [-0.39, 0.29) is 0 Å². The highest BCUT2D eigenvalue weighted by Gasteiger charge is 2.22. The average molecular weight is 339 g/mol. The molecule has 0 spiro atoms. The monoisotopic (exact) mass is 338 g/mol. The predicted molar refractivity (Wildman–Crippen MR) is 77.7 cm³/mol. The van der Waals surface area contributed by atoms with Gasteiger partial charge in [-0.3, -0.25) is 4.68 Å². The van der Waals surface area contributed by atoms with Gasteiger partial charge in [-0.05, 0) is 24.6 Å². The van der Waals surface area contributed by atoms with Crippen molar-refractivity contribution in [3.63, 3.8) is 0 Å². The second kappa shape index (κ2) is 5.54. The highest BCUT2D eigenvalue weighted by atomic mass is 79.9. The van der Waals surface area contributed by atoms with Crippen LogP contribution in [0.2, 0.25) is 0 Å². The number of hydrogen-bond donors (Lipinski definition) is 0. The number of carbonyl (C=O) groups is 1. The number of hydrogen-bond acceptors (Lipinski definition) is 4. The molecule has 0 amide bonds. The molecule has 1 aromatic carbocycles. The van der Waals surface area contributed by atoms with Crippen LogP contribution in [-0.2, 0) is 16.0 Å². The number of methoxy groups -OCH3 is 1. The molecule has 2 heterocycles. The Balaban J connectivity index is 2.05. The van der Waals surface area contributed by atoms with Crippen LogP contribution in [0.15, 0.2) is 22.7 Å². The Kier molecular flexibility index (Phi) is 3.76. The third-order valence-corrected chi connectivity index (χ3v) is 4.04. The van der Waals surface area contributed by atoms with Gasteiger partial charge in [0.2, 0.25) is 0 Å². The van der Waals surface area contributed by atoms with Crippen molar-refractivity contribution in [1.82, 2.24) is 9.78 Å². The molecular formula is C14H15BrN2O3. The molecule has 0 saturated carbocycles. The third-order valence-electron chi connectivity index (χ3n) is 3.55. The maximum Gasteiger partial charge on any atom is 0.359 e. The van der Waals surface area contributed by atoms with Crippen LogP contribution in [0.4, 0.5) is 0 Å². The number of esters is 1. The Morgan fingerprint density at radius 2 is 2.45 bits per heavy atom. The van der Waals surface area contributed by atoms with Crippen molar-refractivity contribution in [3.05, 3.63) is 28.4 Å². The molecule has 1 aliphatic rings. The van der Waals surface area contributed by atoms with Crippen LogP contribution >= 0.6 is 15.9 Å². The molecule has 2 aromatic rings. The Bertz CT molecular complexity index is 647. The molecule has 0 aliphatic carbocycles. The van der Waals surface area contributed by atoms with Gasteiger partial charge in [0.25, 0.3) is 0 Å². The summed E-state index contributed by atoms with van der Waals surface area (Å²) < 4.78 is 13.0. The second-order valence-corrected chi connectivity index (χ2v) is 5.83. The molecular weight excluding hydrogens is 324 g/mol. The Morgan fingerprint density at radius 3 is 3.15 bits per heavy atom. The van der Waals surface area contributed by atoms with Gasteiger partial charge in [0.1, 0.15) is 0 Å². The summed E-state index contributed by atoms with van der Waals surface area (Å²) in [6.45, 7) is 2.32. The summed E-state index contributed by atoms with van der Waals surface area (Å²) in [6.07, 6.45) is 1.03. The summed E-state index contributed by atoms with van der Waals surface area (Å²) in [5.41, 5.74) is 1.31. The van der Waals surface area contributed by atoms with Crippen molar-refractivity contribution in [3.8, 4) is 0 Å². The van der Waals surface area contributed by atoms with Crippen LogP contribution in [-0.4, -0.2) is 36.1 Å². The molecule has 5 nitrogen and oxygen atoms in total. The van der Waals surface area contributed by atoms with E-state index >= 15 is 0 Å². The maximum absolute atomic E-state index is 11.9. The minimum absolute atomic E-state index is 0.364. The lowest BCUT2D eigenvalue weighted by Crippen LogP contribution is -2.12. The number of aromatic nitrogens is 2. The van der Waals surface area contributed by atoms with E-state index in [9.17, 15) is 4.79 Å². The van der Waals surface area contributed by atoms with Gasteiger partial charge >= 0.3 is 5.97 Å². The molecule has 1 saturated heterocycles. The fourth-order valence-corrected chi connectivity index (χ4v) is 2.87. The van der Waals surface area contributed by atoms with Crippen LogP contribution < -0.4 is 0 Å². The molecule has 20 heavy (non-hydrogen) atoms. The van der Waals surface area contributed by atoms with Crippen molar-refractivity contribution in [2.24, 2.45) is 5.92 Å². The molecule has 0 radical (unpaired) electrons. The van der Waals surface area contributed by atoms with Gasteiger partial charge in [-0.25, -0.2) is 4.79 Å². The quantitative estimate of drug-likeness (QED) is 0.807. The third kappa shape index (κ3) is 2.45. The lowest BCUT2D eigenvalue weighted by molar-refractivity contribution is 0.0595. The number of fused-ring (bicyclic) bond motifs is 1. The first-order valence-corrected chi connectivity index (χ1v) is 7.30. The van der Waals surface area contributed by atoms with Crippen LogP contribution in [0.5, 0.6) is 0 Å². The summed E-state index contributed by atoms with van der Waals surface area (Å²) in [6, 6.07) is 5.82. The molecule has 0 bridgehead atoms. The largest absolute Gasteiger partial charge is 0.464 e. The molecule has 1 atom stereocenters. The lowest BCUT2D eigenvalue weighted by Gasteiger charge is -2.08. The van der Waals surface area contributed by atoms with Gasteiger partial charge in [-0.1, -0.05) is 15.9 Å². The van der Waals surface area contributed by atoms with Crippen molar-refractivity contribution >= 4 is 32.8 Å². The molecule has 1 unspecified atom stereocenters. The minimum Gasteiger partial charge on any atom is -0.464 e. The average Bonchev–Trinajstić information content (AvgIpc) is 3.06. The Morgan fingerprint density at radius 1 is 1.60 bits per heavy atom. The van der Waals surface area contributed by atoms with Crippen molar-refractivity contribution in [1.29, 1.82) is 0 Å². The Labute approximate surface area is 125 Å². The number of carbonyl (C=O) groups excluding carboxylic acids is 1. The smallest absolute Gasteiger partial charge is 0.359 e. The molecule has 6 heteroatoms. The molecule has 1 fully saturated rings. The topological polar surface area (TPSA) is 53.3 Å². The summed E-state index contributed by atoms with van der Waals surface area (Å²) in [5.74, 6) is 0.0433. The van der Waals surface area contributed by atoms with E-state index in [1.807, 2.05) is 22.9 Å². The minimum atomic E-state index is -0.408.